The summed E-state index contributed by atoms with van der Waals surface area (Å²) in [5, 5.41) is 10.5. The van der Waals surface area contributed by atoms with Crippen LogP contribution in [0.5, 0.6) is 5.75 Å². The Morgan fingerprint density at radius 1 is 1.33 bits per heavy atom. The fourth-order valence-electron chi connectivity index (χ4n) is 1.83. The first kappa shape index (κ1) is 15.6. The van der Waals surface area contributed by atoms with Crippen LogP contribution in [0, 0.1) is 0 Å². The van der Waals surface area contributed by atoms with Crippen molar-refractivity contribution in [2.75, 3.05) is 0 Å². The van der Waals surface area contributed by atoms with Crippen molar-refractivity contribution in [3.63, 3.8) is 0 Å². The molecule has 2 rings (SSSR count). The Kier molecular flexibility index (Phi) is 3.87. The Balaban J connectivity index is 2.34. The van der Waals surface area contributed by atoms with E-state index in [1.54, 1.807) is 0 Å². The Labute approximate surface area is 118 Å². The lowest BCUT2D eigenvalue weighted by Crippen LogP contribution is -2.28. The van der Waals surface area contributed by atoms with Gasteiger partial charge in [0.15, 0.2) is 0 Å². The molecule has 116 valence electrons. The monoisotopic (exact) mass is 323 g/mol. The Hall–Kier alpha value is -1.77. The molecule has 1 aromatic rings. The molecule has 9 heteroatoms. The van der Waals surface area contributed by atoms with Crippen molar-refractivity contribution in [1.29, 1.82) is 0 Å². The van der Waals surface area contributed by atoms with E-state index in [9.17, 15) is 31.5 Å². The molecule has 0 bridgehead atoms. The third kappa shape index (κ3) is 3.66. The number of hydrogen-bond acceptors (Lipinski definition) is 5. The van der Waals surface area contributed by atoms with Crippen molar-refractivity contribution in [2.45, 2.75) is 30.7 Å². The zero-order valence-electron chi connectivity index (χ0n) is 10.5. The zero-order valence-corrected chi connectivity index (χ0v) is 11.3. The number of alkyl halides is 3. The maximum atomic E-state index is 12.3. The fourth-order valence-corrected chi connectivity index (χ4v) is 2.31. The maximum Gasteiger partial charge on any atom is 0.534 e. The summed E-state index contributed by atoms with van der Waals surface area (Å²) in [6.45, 7) is 0. The molecule has 0 atom stereocenters. The average Bonchev–Trinajstić information content (AvgIpc) is 3.12. The molecule has 0 saturated heterocycles. The minimum atomic E-state index is -5.74. The molecule has 0 unspecified atom stereocenters. The van der Waals surface area contributed by atoms with Gasteiger partial charge in [0.05, 0.1) is 0 Å². The summed E-state index contributed by atoms with van der Waals surface area (Å²) in [6, 6.07) is 3.58. The number of benzene rings is 1. The molecule has 0 spiro atoms. The molecule has 0 aliphatic heterocycles. The number of aliphatic carboxylic acids is 1. The SMILES string of the molecule is O=C([O-])Cc1ccc(OS(=O)(=O)C(F)(F)F)c(C2CC2)c1. The molecule has 1 fully saturated rings. The first-order valence-corrected chi connectivity index (χ1v) is 7.34. The van der Waals surface area contributed by atoms with Gasteiger partial charge in [-0.25, -0.2) is 0 Å². The van der Waals surface area contributed by atoms with E-state index in [4.69, 9.17) is 0 Å². The van der Waals surface area contributed by atoms with E-state index in [0.29, 0.717) is 18.4 Å². The molecule has 5 nitrogen and oxygen atoms in total. The van der Waals surface area contributed by atoms with Crippen molar-refractivity contribution < 1.29 is 35.7 Å². The first-order chi connectivity index (χ1) is 9.60. The lowest BCUT2D eigenvalue weighted by molar-refractivity contribution is -0.304. The molecule has 0 amide bonds. The molecule has 0 aromatic heterocycles. The van der Waals surface area contributed by atoms with Crippen LogP contribution < -0.4 is 9.29 Å². The number of rotatable bonds is 5. The smallest absolute Gasteiger partial charge is 0.534 e. The van der Waals surface area contributed by atoms with Gasteiger partial charge in [-0.2, -0.15) is 21.6 Å². The van der Waals surface area contributed by atoms with E-state index in [-0.39, 0.29) is 11.5 Å². The second-order valence-corrected chi connectivity index (χ2v) is 6.22. The molecule has 0 heterocycles. The van der Waals surface area contributed by atoms with Gasteiger partial charge in [-0.05, 0) is 36.0 Å². The summed E-state index contributed by atoms with van der Waals surface area (Å²) < 4.78 is 63.2. The number of halogens is 3. The van der Waals surface area contributed by atoms with E-state index in [0.717, 1.165) is 6.07 Å². The Morgan fingerprint density at radius 3 is 2.43 bits per heavy atom. The molecule has 1 aliphatic carbocycles. The van der Waals surface area contributed by atoms with Gasteiger partial charge in [0.2, 0.25) is 0 Å². The standard InChI is InChI=1S/C12H11F3O5S/c13-12(14,15)21(18,19)20-10-4-1-7(6-11(16)17)5-9(10)8-2-3-8/h1,4-5,8H,2-3,6H2,(H,16,17)/p-1. The van der Waals surface area contributed by atoms with Gasteiger partial charge in [-0.15, -0.1) is 0 Å². The topological polar surface area (TPSA) is 83.5 Å². The zero-order chi connectivity index (χ0) is 15.8. The van der Waals surface area contributed by atoms with Crippen LogP contribution in [-0.4, -0.2) is 19.9 Å². The molecular weight excluding hydrogens is 313 g/mol. The molecule has 1 saturated carbocycles. The van der Waals surface area contributed by atoms with Gasteiger partial charge in [-0.3, -0.25) is 0 Å². The van der Waals surface area contributed by atoms with Crippen LogP contribution in [0.2, 0.25) is 0 Å². The van der Waals surface area contributed by atoms with Crippen LogP contribution in [0.25, 0.3) is 0 Å². The van der Waals surface area contributed by atoms with Crippen LogP contribution >= 0.6 is 0 Å². The lowest BCUT2D eigenvalue weighted by Gasteiger charge is -2.14. The predicted molar refractivity (Wildman–Crippen MR) is 62.7 cm³/mol. The largest absolute Gasteiger partial charge is 0.550 e. The highest BCUT2D eigenvalue weighted by molar-refractivity contribution is 7.88. The van der Waals surface area contributed by atoms with Crippen LogP contribution in [0.3, 0.4) is 0 Å². The number of carbonyl (C=O) groups is 1. The molecule has 0 N–H and O–H groups in total. The Bertz CT molecular complexity index is 662. The van der Waals surface area contributed by atoms with Crippen molar-refractivity contribution >= 4 is 16.1 Å². The van der Waals surface area contributed by atoms with E-state index >= 15 is 0 Å². The van der Waals surface area contributed by atoms with Gasteiger partial charge in [0.25, 0.3) is 0 Å². The molecule has 0 radical (unpaired) electrons. The van der Waals surface area contributed by atoms with Crippen LogP contribution in [0.1, 0.15) is 29.9 Å². The van der Waals surface area contributed by atoms with E-state index in [1.165, 1.54) is 12.1 Å². The minimum Gasteiger partial charge on any atom is -0.550 e. The number of carboxylic acids is 1. The molecule has 21 heavy (non-hydrogen) atoms. The minimum absolute atomic E-state index is 0.120. The van der Waals surface area contributed by atoms with Gasteiger partial charge < -0.3 is 14.1 Å². The second-order valence-electron chi connectivity index (χ2n) is 4.68. The van der Waals surface area contributed by atoms with Crippen molar-refractivity contribution in [3.8, 4) is 5.75 Å². The number of carboxylic acid groups (broad SMARTS) is 1. The first-order valence-electron chi connectivity index (χ1n) is 5.93. The van der Waals surface area contributed by atoms with Crippen LogP contribution in [0.4, 0.5) is 13.2 Å². The summed E-state index contributed by atoms with van der Waals surface area (Å²) in [5.74, 6) is -1.88. The van der Waals surface area contributed by atoms with Gasteiger partial charge in [0, 0.05) is 12.4 Å². The molecule has 1 aliphatic rings. The van der Waals surface area contributed by atoms with Crippen molar-refractivity contribution in [3.05, 3.63) is 29.3 Å². The normalized spacial score (nSPS) is 15.8. The highest BCUT2D eigenvalue weighted by Gasteiger charge is 2.49. The Morgan fingerprint density at radius 2 is 1.95 bits per heavy atom. The quantitative estimate of drug-likeness (QED) is 0.598. The average molecular weight is 323 g/mol. The fraction of sp³-hybridized carbons (Fsp3) is 0.417. The van der Waals surface area contributed by atoms with Crippen LogP contribution in [0.15, 0.2) is 18.2 Å². The highest BCUT2D eigenvalue weighted by Crippen LogP contribution is 2.45. The maximum absolute atomic E-state index is 12.3. The van der Waals surface area contributed by atoms with E-state index in [1.807, 2.05) is 0 Å². The highest BCUT2D eigenvalue weighted by atomic mass is 32.2. The predicted octanol–water partition coefficient (Wildman–Crippen LogP) is 1.08. The summed E-state index contributed by atoms with van der Waals surface area (Å²) in [6.07, 6.45) is 0.945. The van der Waals surface area contributed by atoms with Gasteiger partial charge >= 0.3 is 15.6 Å². The summed E-state index contributed by atoms with van der Waals surface area (Å²) in [5.41, 5.74) is -4.94. The van der Waals surface area contributed by atoms with Crippen LogP contribution in [-0.2, 0) is 21.3 Å². The summed E-state index contributed by atoms with van der Waals surface area (Å²) in [7, 11) is -5.74. The number of hydrogen-bond donors (Lipinski definition) is 0. The van der Waals surface area contributed by atoms with Crippen molar-refractivity contribution in [2.24, 2.45) is 0 Å². The molecular formula is C12H10F3O5S-. The second kappa shape index (κ2) is 5.21. The van der Waals surface area contributed by atoms with E-state index < -0.39 is 33.8 Å². The summed E-state index contributed by atoms with van der Waals surface area (Å²) in [4.78, 5) is 10.5. The van der Waals surface area contributed by atoms with E-state index in [2.05, 4.69) is 4.18 Å². The van der Waals surface area contributed by atoms with Gasteiger partial charge in [-0.1, -0.05) is 12.1 Å². The third-order valence-corrected chi connectivity index (χ3v) is 3.89. The number of carbonyl (C=O) groups excluding carboxylic acids is 1. The summed E-state index contributed by atoms with van der Waals surface area (Å²) >= 11 is 0. The van der Waals surface area contributed by atoms with Gasteiger partial charge in [0.1, 0.15) is 5.75 Å². The lowest BCUT2D eigenvalue weighted by atomic mass is 10.0. The van der Waals surface area contributed by atoms with Crippen molar-refractivity contribution in [1.82, 2.24) is 0 Å². The third-order valence-electron chi connectivity index (χ3n) is 2.92. The molecule has 1 aromatic carbocycles.